The maximum Gasteiger partial charge on any atom is 0.0638 e. The summed E-state index contributed by atoms with van der Waals surface area (Å²) in [5, 5.41) is 7.31. The van der Waals surface area contributed by atoms with Gasteiger partial charge in [0.2, 0.25) is 0 Å². The standard InChI is InChI=1S/C18H15Cl2N/c19-15-8-9-17(20)18(12-15)21-11-10-14-6-3-5-13-4-1-2-7-16(13)14/h1-9,12,21H,10-11H2. The number of fused-ring (bicyclic) bond motifs is 1. The van der Waals surface area contributed by atoms with Gasteiger partial charge in [0.05, 0.1) is 10.7 Å². The van der Waals surface area contributed by atoms with Crippen molar-refractivity contribution in [1.82, 2.24) is 0 Å². The van der Waals surface area contributed by atoms with E-state index in [1.165, 1.54) is 16.3 Å². The summed E-state index contributed by atoms with van der Waals surface area (Å²) in [5.74, 6) is 0. The van der Waals surface area contributed by atoms with Crippen molar-refractivity contribution >= 4 is 39.7 Å². The Bertz CT molecular complexity index is 763. The van der Waals surface area contributed by atoms with Gasteiger partial charge in [-0.05, 0) is 41.0 Å². The van der Waals surface area contributed by atoms with Crippen LogP contribution in [0.4, 0.5) is 5.69 Å². The molecule has 0 aliphatic rings. The Labute approximate surface area is 134 Å². The third-order valence-electron chi connectivity index (χ3n) is 3.52. The Kier molecular flexibility index (Phi) is 4.33. The lowest BCUT2D eigenvalue weighted by atomic mass is 10.0. The molecule has 0 amide bonds. The van der Waals surface area contributed by atoms with Gasteiger partial charge in [-0.15, -0.1) is 0 Å². The minimum absolute atomic E-state index is 0.687. The van der Waals surface area contributed by atoms with Gasteiger partial charge in [-0.2, -0.15) is 0 Å². The molecule has 0 radical (unpaired) electrons. The normalized spacial score (nSPS) is 10.8. The van der Waals surface area contributed by atoms with Crippen molar-refractivity contribution < 1.29 is 0 Å². The fraction of sp³-hybridized carbons (Fsp3) is 0.111. The topological polar surface area (TPSA) is 12.0 Å². The molecule has 0 bridgehead atoms. The maximum absolute atomic E-state index is 6.15. The zero-order chi connectivity index (χ0) is 14.7. The van der Waals surface area contributed by atoms with Crippen LogP contribution in [0.1, 0.15) is 5.56 Å². The zero-order valence-corrected chi connectivity index (χ0v) is 13.0. The molecule has 21 heavy (non-hydrogen) atoms. The monoisotopic (exact) mass is 315 g/mol. The van der Waals surface area contributed by atoms with Crippen molar-refractivity contribution in [3.05, 3.63) is 76.3 Å². The zero-order valence-electron chi connectivity index (χ0n) is 11.4. The second kappa shape index (κ2) is 6.38. The van der Waals surface area contributed by atoms with E-state index in [4.69, 9.17) is 23.2 Å². The van der Waals surface area contributed by atoms with Gasteiger partial charge < -0.3 is 5.32 Å². The average molecular weight is 316 g/mol. The highest BCUT2D eigenvalue weighted by molar-refractivity contribution is 6.35. The lowest BCUT2D eigenvalue weighted by Crippen LogP contribution is -2.05. The number of benzene rings is 3. The van der Waals surface area contributed by atoms with Crippen LogP contribution in [0.2, 0.25) is 10.0 Å². The lowest BCUT2D eigenvalue weighted by Gasteiger charge is -2.10. The van der Waals surface area contributed by atoms with E-state index in [9.17, 15) is 0 Å². The molecule has 0 saturated carbocycles. The molecule has 0 heterocycles. The summed E-state index contributed by atoms with van der Waals surface area (Å²) >= 11 is 12.1. The first kappa shape index (κ1) is 14.2. The van der Waals surface area contributed by atoms with Crippen molar-refractivity contribution in [1.29, 1.82) is 0 Å². The summed E-state index contributed by atoms with van der Waals surface area (Å²) < 4.78 is 0. The minimum atomic E-state index is 0.687. The molecule has 0 aliphatic carbocycles. The smallest absolute Gasteiger partial charge is 0.0638 e. The summed E-state index contributed by atoms with van der Waals surface area (Å²) in [6.45, 7) is 0.814. The predicted octanol–water partition coefficient (Wildman–Crippen LogP) is 5.80. The van der Waals surface area contributed by atoms with Gasteiger partial charge in [-0.25, -0.2) is 0 Å². The van der Waals surface area contributed by atoms with Gasteiger partial charge in [-0.3, -0.25) is 0 Å². The van der Waals surface area contributed by atoms with Gasteiger partial charge in [-0.1, -0.05) is 65.7 Å². The van der Waals surface area contributed by atoms with Crippen LogP contribution >= 0.6 is 23.2 Å². The van der Waals surface area contributed by atoms with Gasteiger partial charge in [0.25, 0.3) is 0 Å². The molecule has 0 spiro atoms. The lowest BCUT2D eigenvalue weighted by molar-refractivity contribution is 1.03. The Hall–Kier alpha value is -1.70. The Balaban J connectivity index is 1.74. The molecule has 3 rings (SSSR count). The molecule has 0 atom stereocenters. The summed E-state index contributed by atoms with van der Waals surface area (Å²) in [6.07, 6.45) is 0.935. The molecule has 0 unspecified atom stereocenters. The molecule has 3 aromatic carbocycles. The molecule has 0 aliphatic heterocycles. The molecule has 1 nitrogen and oxygen atoms in total. The van der Waals surface area contributed by atoms with Gasteiger partial charge >= 0.3 is 0 Å². The van der Waals surface area contributed by atoms with E-state index in [0.717, 1.165) is 18.7 Å². The largest absolute Gasteiger partial charge is 0.383 e. The second-order valence-corrected chi connectivity index (χ2v) is 5.78. The van der Waals surface area contributed by atoms with Gasteiger partial charge in [0.15, 0.2) is 0 Å². The quantitative estimate of drug-likeness (QED) is 0.641. The van der Waals surface area contributed by atoms with Crippen molar-refractivity contribution in [3.63, 3.8) is 0 Å². The maximum atomic E-state index is 6.15. The third-order valence-corrected chi connectivity index (χ3v) is 4.08. The summed E-state index contributed by atoms with van der Waals surface area (Å²) in [4.78, 5) is 0. The van der Waals surface area contributed by atoms with Crippen LogP contribution in [0.25, 0.3) is 10.8 Å². The molecule has 106 valence electrons. The van der Waals surface area contributed by atoms with Crippen LogP contribution in [0.5, 0.6) is 0 Å². The fourth-order valence-corrected chi connectivity index (χ4v) is 2.83. The summed E-state index contributed by atoms with van der Waals surface area (Å²) in [5.41, 5.74) is 2.21. The van der Waals surface area contributed by atoms with Crippen LogP contribution < -0.4 is 5.32 Å². The van der Waals surface area contributed by atoms with E-state index in [1.807, 2.05) is 12.1 Å². The Morgan fingerprint density at radius 3 is 2.57 bits per heavy atom. The first-order valence-electron chi connectivity index (χ1n) is 6.89. The second-order valence-electron chi connectivity index (χ2n) is 4.94. The predicted molar refractivity (Wildman–Crippen MR) is 92.6 cm³/mol. The van der Waals surface area contributed by atoms with Crippen LogP contribution in [0.3, 0.4) is 0 Å². The van der Waals surface area contributed by atoms with Crippen LogP contribution in [0.15, 0.2) is 60.7 Å². The molecule has 1 N–H and O–H groups in total. The Morgan fingerprint density at radius 2 is 1.67 bits per heavy atom. The number of rotatable bonds is 4. The highest BCUT2D eigenvalue weighted by atomic mass is 35.5. The van der Waals surface area contributed by atoms with E-state index < -0.39 is 0 Å². The molecule has 0 fully saturated rings. The summed E-state index contributed by atoms with van der Waals surface area (Å²) in [6, 6.07) is 20.3. The van der Waals surface area contributed by atoms with Crippen molar-refractivity contribution in [2.75, 3.05) is 11.9 Å². The van der Waals surface area contributed by atoms with Crippen molar-refractivity contribution in [2.45, 2.75) is 6.42 Å². The molecular formula is C18H15Cl2N. The third kappa shape index (κ3) is 3.31. The number of hydrogen-bond donors (Lipinski definition) is 1. The van der Waals surface area contributed by atoms with E-state index in [1.54, 1.807) is 6.07 Å². The highest BCUT2D eigenvalue weighted by Crippen LogP contribution is 2.25. The highest BCUT2D eigenvalue weighted by Gasteiger charge is 2.03. The Morgan fingerprint density at radius 1 is 0.857 bits per heavy atom. The van der Waals surface area contributed by atoms with E-state index >= 15 is 0 Å². The van der Waals surface area contributed by atoms with Crippen LogP contribution in [0, 0.1) is 0 Å². The number of hydrogen-bond acceptors (Lipinski definition) is 1. The molecule has 0 saturated heterocycles. The summed E-state index contributed by atoms with van der Waals surface area (Å²) in [7, 11) is 0. The SMILES string of the molecule is Clc1ccc(Cl)c(NCCc2cccc3ccccc23)c1. The first-order valence-corrected chi connectivity index (χ1v) is 7.65. The molecule has 3 aromatic rings. The first-order chi connectivity index (χ1) is 10.2. The van der Waals surface area contributed by atoms with E-state index in [2.05, 4.69) is 47.8 Å². The number of anilines is 1. The minimum Gasteiger partial charge on any atom is -0.383 e. The van der Waals surface area contributed by atoms with Crippen LogP contribution in [-0.2, 0) is 6.42 Å². The molecule has 0 aromatic heterocycles. The van der Waals surface area contributed by atoms with Crippen molar-refractivity contribution in [3.8, 4) is 0 Å². The van der Waals surface area contributed by atoms with E-state index in [0.29, 0.717) is 10.0 Å². The van der Waals surface area contributed by atoms with Gasteiger partial charge in [0, 0.05) is 11.6 Å². The molecular weight excluding hydrogens is 301 g/mol. The van der Waals surface area contributed by atoms with Crippen molar-refractivity contribution in [2.24, 2.45) is 0 Å². The molecule has 3 heteroatoms. The van der Waals surface area contributed by atoms with E-state index in [-0.39, 0.29) is 0 Å². The van der Waals surface area contributed by atoms with Crippen LogP contribution in [-0.4, -0.2) is 6.54 Å². The average Bonchev–Trinajstić information content (AvgIpc) is 2.51. The number of halogens is 2. The number of nitrogens with one attached hydrogen (secondary N) is 1. The van der Waals surface area contributed by atoms with Gasteiger partial charge in [0.1, 0.15) is 0 Å². The fourth-order valence-electron chi connectivity index (χ4n) is 2.48.